The van der Waals surface area contributed by atoms with Gasteiger partial charge in [0.05, 0.1) is 5.56 Å². The summed E-state index contributed by atoms with van der Waals surface area (Å²) in [4.78, 5) is 11.6. The van der Waals surface area contributed by atoms with Crippen LogP contribution in [0.3, 0.4) is 0 Å². The molecule has 3 nitrogen and oxygen atoms in total. The normalized spacial score (nSPS) is 23.7. The van der Waals surface area contributed by atoms with Crippen molar-refractivity contribution in [2.24, 2.45) is 0 Å². The molecule has 15 heavy (non-hydrogen) atoms. The van der Waals surface area contributed by atoms with Gasteiger partial charge in [-0.3, -0.25) is 0 Å². The first-order valence-corrected chi connectivity index (χ1v) is 5.15. The van der Waals surface area contributed by atoms with Gasteiger partial charge in [-0.1, -0.05) is 18.2 Å². The van der Waals surface area contributed by atoms with E-state index in [0.717, 1.165) is 18.5 Å². The molecule has 1 aliphatic heterocycles. The van der Waals surface area contributed by atoms with E-state index in [1.54, 1.807) is 0 Å². The standard InChI is InChI=1S/C12H15NO2/c1-12(7-8-13-2)10-6-4-3-5-9(10)11(14)15-12/h3-6,13H,7-8H2,1-2H3. The van der Waals surface area contributed by atoms with Crippen LogP contribution in [0.5, 0.6) is 0 Å². The average molecular weight is 205 g/mol. The minimum absolute atomic E-state index is 0.204. The van der Waals surface area contributed by atoms with Gasteiger partial charge in [-0.15, -0.1) is 0 Å². The number of fused-ring (bicyclic) bond motifs is 1. The fraction of sp³-hybridized carbons (Fsp3) is 0.417. The van der Waals surface area contributed by atoms with E-state index in [1.807, 2.05) is 38.2 Å². The number of hydrogen-bond donors (Lipinski definition) is 1. The van der Waals surface area contributed by atoms with Gasteiger partial charge in [0, 0.05) is 12.0 Å². The Labute approximate surface area is 89.4 Å². The Bertz CT molecular complexity index is 389. The van der Waals surface area contributed by atoms with Crippen LogP contribution >= 0.6 is 0 Å². The molecular formula is C12H15NO2. The average Bonchev–Trinajstić information content (AvgIpc) is 2.50. The lowest BCUT2D eigenvalue weighted by Gasteiger charge is -2.23. The largest absolute Gasteiger partial charge is 0.451 e. The maximum atomic E-state index is 11.6. The van der Waals surface area contributed by atoms with Crippen LogP contribution < -0.4 is 5.32 Å². The number of carbonyl (C=O) groups excluding carboxylic acids is 1. The summed E-state index contributed by atoms with van der Waals surface area (Å²) in [6, 6.07) is 7.60. The second-order valence-electron chi connectivity index (χ2n) is 4.02. The highest BCUT2D eigenvalue weighted by Crippen LogP contribution is 2.38. The van der Waals surface area contributed by atoms with E-state index >= 15 is 0 Å². The van der Waals surface area contributed by atoms with Gasteiger partial charge in [0.1, 0.15) is 5.60 Å². The summed E-state index contributed by atoms with van der Waals surface area (Å²) in [7, 11) is 1.89. The van der Waals surface area contributed by atoms with Crippen LogP contribution in [0.4, 0.5) is 0 Å². The molecule has 1 unspecified atom stereocenters. The van der Waals surface area contributed by atoms with Crippen LogP contribution in [-0.2, 0) is 10.3 Å². The molecule has 0 bridgehead atoms. The Hall–Kier alpha value is -1.35. The minimum Gasteiger partial charge on any atom is -0.451 e. The maximum absolute atomic E-state index is 11.6. The fourth-order valence-electron chi connectivity index (χ4n) is 1.99. The van der Waals surface area contributed by atoms with Crippen LogP contribution in [0.1, 0.15) is 29.3 Å². The molecule has 1 atom stereocenters. The van der Waals surface area contributed by atoms with E-state index in [-0.39, 0.29) is 5.97 Å². The third kappa shape index (κ3) is 1.63. The highest BCUT2D eigenvalue weighted by molar-refractivity contribution is 5.94. The van der Waals surface area contributed by atoms with Crippen LogP contribution in [-0.4, -0.2) is 19.6 Å². The van der Waals surface area contributed by atoms with Crippen molar-refractivity contribution < 1.29 is 9.53 Å². The predicted molar refractivity (Wildman–Crippen MR) is 57.8 cm³/mol. The maximum Gasteiger partial charge on any atom is 0.339 e. The quantitative estimate of drug-likeness (QED) is 0.763. The van der Waals surface area contributed by atoms with Crippen molar-refractivity contribution in [2.45, 2.75) is 18.9 Å². The van der Waals surface area contributed by atoms with E-state index in [9.17, 15) is 4.79 Å². The van der Waals surface area contributed by atoms with E-state index < -0.39 is 5.60 Å². The molecule has 80 valence electrons. The van der Waals surface area contributed by atoms with Gasteiger partial charge in [-0.25, -0.2) is 4.79 Å². The number of carbonyl (C=O) groups is 1. The highest BCUT2D eigenvalue weighted by Gasteiger charge is 2.40. The molecule has 3 heteroatoms. The molecule has 0 saturated heterocycles. The molecule has 0 radical (unpaired) electrons. The zero-order chi connectivity index (χ0) is 10.9. The first kappa shape index (κ1) is 10.2. The third-order valence-corrected chi connectivity index (χ3v) is 2.89. The molecule has 0 aliphatic carbocycles. The molecule has 1 aromatic rings. The van der Waals surface area contributed by atoms with Gasteiger partial charge in [0.15, 0.2) is 0 Å². The SMILES string of the molecule is CNCCC1(C)OC(=O)c2ccccc21. The topological polar surface area (TPSA) is 38.3 Å². The lowest BCUT2D eigenvalue weighted by Crippen LogP contribution is -2.26. The Morgan fingerprint density at radius 2 is 2.13 bits per heavy atom. The molecule has 0 aromatic heterocycles. The number of rotatable bonds is 3. The van der Waals surface area contributed by atoms with Crippen molar-refractivity contribution in [1.82, 2.24) is 5.32 Å². The Kier molecular flexibility index (Phi) is 2.49. The number of ether oxygens (including phenoxy) is 1. The predicted octanol–water partition coefficient (Wildman–Crippen LogP) is 1.68. The lowest BCUT2D eigenvalue weighted by atomic mass is 9.91. The van der Waals surface area contributed by atoms with E-state index in [4.69, 9.17) is 4.74 Å². The summed E-state index contributed by atoms with van der Waals surface area (Å²) in [5.41, 5.74) is 1.25. The molecule has 1 N–H and O–H groups in total. The Balaban J connectivity index is 2.34. The van der Waals surface area contributed by atoms with Gasteiger partial charge >= 0.3 is 5.97 Å². The van der Waals surface area contributed by atoms with Gasteiger partial charge < -0.3 is 10.1 Å². The third-order valence-electron chi connectivity index (χ3n) is 2.89. The van der Waals surface area contributed by atoms with Crippen molar-refractivity contribution in [3.63, 3.8) is 0 Å². The van der Waals surface area contributed by atoms with Crippen molar-refractivity contribution >= 4 is 5.97 Å². The summed E-state index contributed by atoms with van der Waals surface area (Å²) in [6.45, 7) is 2.80. The summed E-state index contributed by atoms with van der Waals surface area (Å²) in [6.07, 6.45) is 0.798. The Morgan fingerprint density at radius 3 is 2.87 bits per heavy atom. The second-order valence-corrected chi connectivity index (χ2v) is 4.02. The molecule has 2 rings (SSSR count). The zero-order valence-electron chi connectivity index (χ0n) is 9.04. The first-order valence-electron chi connectivity index (χ1n) is 5.15. The van der Waals surface area contributed by atoms with E-state index in [0.29, 0.717) is 5.56 Å². The van der Waals surface area contributed by atoms with Crippen LogP contribution in [0.25, 0.3) is 0 Å². The number of benzene rings is 1. The number of esters is 1. The summed E-state index contributed by atoms with van der Waals surface area (Å²) in [5, 5.41) is 3.07. The van der Waals surface area contributed by atoms with Crippen LogP contribution in [0.15, 0.2) is 24.3 Å². The smallest absolute Gasteiger partial charge is 0.339 e. The summed E-state index contributed by atoms with van der Waals surface area (Å²) in [5.74, 6) is -0.204. The summed E-state index contributed by atoms with van der Waals surface area (Å²) < 4.78 is 5.44. The van der Waals surface area contributed by atoms with Crippen LogP contribution in [0, 0.1) is 0 Å². The molecule has 1 aliphatic rings. The van der Waals surface area contributed by atoms with Crippen molar-refractivity contribution in [3.05, 3.63) is 35.4 Å². The van der Waals surface area contributed by atoms with Crippen molar-refractivity contribution in [3.8, 4) is 0 Å². The monoisotopic (exact) mass is 205 g/mol. The highest BCUT2D eigenvalue weighted by atomic mass is 16.6. The molecule has 0 fully saturated rings. The van der Waals surface area contributed by atoms with E-state index in [2.05, 4.69) is 5.32 Å². The van der Waals surface area contributed by atoms with Gasteiger partial charge in [-0.2, -0.15) is 0 Å². The fourth-order valence-corrected chi connectivity index (χ4v) is 1.99. The molecule has 1 heterocycles. The Morgan fingerprint density at radius 1 is 1.40 bits per heavy atom. The molecule has 0 saturated carbocycles. The number of hydrogen-bond acceptors (Lipinski definition) is 3. The van der Waals surface area contributed by atoms with Gasteiger partial charge in [-0.05, 0) is 26.6 Å². The molecule has 1 aromatic carbocycles. The van der Waals surface area contributed by atoms with Crippen molar-refractivity contribution in [1.29, 1.82) is 0 Å². The molecule has 0 spiro atoms. The van der Waals surface area contributed by atoms with E-state index in [1.165, 1.54) is 0 Å². The number of cyclic esters (lactones) is 1. The number of nitrogens with one attached hydrogen (secondary N) is 1. The second kappa shape index (κ2) is 3.66. The zero-order valence-corrected chi connectivity index (χ0v) is 9.04. The van der Waals surface area contributed by atoms with Crippen LogP contribution in [0.2, 0.25) is 0 Å². The van der Waals surface area contributed by atoms with Crippen molar-refractivity contribution in [2.75, 3.05) is 13.6 Å². The molecule has 0 amide bonds. The first-order chi connectivity index (χ1) is 7.17. The van der Waals surface area contributed by atoms with Gasteiger partial charge in [0.25, 0.3) is 0 Å². The minimum atomic E-state index is -0.462. The lowest BCUT2D eigenvalue weighted by molar-refractivity contribution is -0.00257. The van der Waals surface area contributed by atoms with Gasteiger partial charge in [0.2, 0.25) is 0 Å². The summed E-state index contributed by atoms with van der Waals surface area (Å²) >= 11 is 0. The molecular weight excluding hydrogens is 190 g/mol.